The van der Waals surface area contributed by atoms with Gasteiger partial charge in [0.2, 0.25) is 0 Å². The first-order valence-corrected chi connectivity index (χ1v) is 8.79. The van der Waals surface area contributed by atoms with Crippen molar-refractivity contribution in [2.75, 3.05) is 0 Å². The normalized spacial score (nSPS) is 25.2. The Balaban J connectivity index is 3.35. The van der Waals surface area contributed by atoms with Crippen LogP contribution in [0.3, 0.4) is 0 Å². The third-order valence-corrected chi connectivity index (χ3v) is 5.47. The van der Waals surface area contributed by atoms with Crippen molar-refractivity contribution in [3.05, 3.63) is 0 Å². The molecule has 2 heterocycles. The molecule has 2 saturated heterocycles. The quantitative estimate of drug-likeness (QED) is 0.206. The van der Waals surface area contributed by atoms with Crippen molar-refractivity contribution in [2.45, 2.75) is 71.8 Å². The van der Waals surface area contributed by atoms with Crippen LogP contribution in [0.1, 0.15) is 0 Å². The highest BCUT2D eigenvalue weighted by molar-refractivity contribution is 6.55. The smallest absolute Gasteiger partial charge is 0.498 e. The molecule has 2 rings (SSSR count). The Morgan fingerprint density at radius 2 is 0.341 bits per heavy atom. The molecule has 0 aromatic rings. The van der Waals surface area contributed by atoms with E-state index in [1.54, 1.807) is 0 Å². The van der Waals surface area contributed by atoms with E-state index in [-0.39, 0.29) is 0 Å². The minimum atomic E-state index is -8.52. The van der Waals surface area contributed by atoms with Gasteiger partial charge in [-0.1, -0.05) is 0 Å². The Bertz CT molecular complexity index is 794. The van der Waals surface area contributed by atoms with E-state index >= 15 is 0 Å². The summed E-state index contributed by atoms with van der Waals surface area (Å²) < 4.78 is 333. The summed E-state index contributed by atoms with van der Waals surface area (Å²) in [7, 11) is 0. The van der Waals surface area contributed by atoms with Crippen LogP contribution in [0.4, 0.5) is 105 Å². The first-order valence-electron chi connectivity index (χ1n) is 8.79. The van der Waals surface area contributed by atoms with Crippen LogP contribution in [0.15, 0.2) is 0 Å². The summed E-state index contributed by atoms with van der Waals surface area (Å²) >= 11 is 0. The lowest BCUT2D eigenvalue weighted by molar-refractivity contribution is -0.464. The lowest BCUT2D eigenvalue weighted by Gasteiger charge is -2.48. The summed E-state index contributed by atoms with van der Waals surface area (Å²) in [5.41, 5.74) is -34.0. The largest absolute Gasteiger partial charge is 0.534 e. The molecule has 0 saturated carbocycles. The van der Waals surface area contributed by atoms with Gasteiger partial charge in [-0.25, -0.2) is 0 Å². The Hall–Kier alpha value is -1.78. The molecule has 1 spiro atoms. The second-order valence-corrected chi connectivity index (χ2v) is 7.76. The van der Waals surface area contributed by atoms with Crippen molar-refractivity contribution in [3.63, 3.8) is 0 Å². The van der Waals surface area contributed by atoms with Crippen molar-refractivity contribution < 1.29 is 124 Å². The van der Waals surface area contributed by atoms with Crippen LogP contribution in [-0.2, 0) is 18.6 Å². The van der Waals surface area contributed by atoms with E-state index in [1.165, 1.54) is 0 Å². The number of rotatable bonds is 0. The highest BCUT2D eigenvalue weighted by Crippen LogP contribution is 2.74. The van der Waals surface area contributed by atoms with Crippen LogP contribution in [-0.4, -0.2) is 78.8 Å². The van der Waals surface area contributed by atoms with Crippen LogP contribution in [0, 0.1) is 0 Å². The molecule has 4 nitrogen and oxygen atoms in total. The zero-order valence-electron chi connectivity index (χ0n) is 17.3. The Labute approximate surface area is 204 Å². The summed E-state index contributed by atoms with van der Waals surface area (Å²) in [6.45, 7) is -8.46. The fourth-order valence-electron chi connectivity index (χ4n) is 4.12. The van der Waals surface area contributed by atoms with Gasteiger partial charge in [-0.3, -0.25) is 0 Å². The number of alkyl halides is 24. The Morgan fingerprint density at radius 3 is 0.415 bits per heavy atom. The number of hydrogen-bond acceptors (Lipinski definition) is 4. The third kappa shape index (κ3) is 3.98. The van der Waals surface area contributed by atoms with E-state index in [2.05, 4.69) is 18.6 Å². The maximum absolute atomic E-state index is 13.5. The van der Waals surface area contributed by atoms with Gasteiger partial charge >= 0.3 is 56.4 Å². The molecule has 0 aromatic heterocycles. The number of halogens is 24. The van der Waals surface area contributed by atoms with Gasteiger partial charge in [0.1, 0.15) is 0 Å². The first kappa shape index (κ1) is 35.4. The molecular formula is C12BF24O4-. The maximum atomic E-state index is 13.5. The molecule has 41 heavy (non-hydrogen) atoms. The lowest BCUT2D eigenvalue weighted by atomic mass is 9.79. The fraction of sp³-hybridized carbons (Fsp3) is 1.00. The molecule has 0 aromatic carbocycles. The van der Waals surface area contributed by atoms with Gasteiger partial charge in [-0.2, -0.15) is 105 Å². The molecule has 2 aliphatic heterocycles. The van der Waals surface area contributed by atoms with Gasteiger partial charge in [0.05, 0.1) is 0 Å². The minimum Gasteiger partial charge on any atom is -0.498 e. The summed E-state index contributed by atoms with van der Waals surface area (Å²) in [5.74, 6) is 0. The van der Waals surface area contributed by atoms with Crippen LogP contribution >= 0.6 is 0 Å². The maximum Gasteiger partial charge on any atom is 0.534 e. The average molecular weight is 675 g/mol. The summed E-state index contributed by atoms with van der Waals surface area (Å²) in [5, 5.41) is 0. The third-order valence-electron chi connectivity index (χ3n) is 5.47. The van der Waals surface area contributed by atoms with Gasteiger partial charge in [-0.15, -0.1) is 0 Å². The van der Waals surface area contributed by atoms with Crippen molar-refractivity contribution >= 4 is 6.96 Å². The van der Waals surface area contributed by atoms with Gasteiger partial charge in [-0.05, 0) is 0 Å². The van der Waals surface area contributed by atoms with Gasteiger partial charge in [0, 0.05) is 0 Å². The van der Waals surface area contributed by atoms with E-state index in [0.717, 1.165) is 0 Å². The van der Waals surface area contributed by atoms with Gasteiger partial charge < -0.3 is 18.6 Å². The second kappa shape index (κ2) is 8.23. The van der Waals surface area contributed by atoms with E-state index in [0.29, 0.717) is 0 Å². The average Bonchev–Trinajstić information content (AvgIpc) is 3.12. The summed E-state index contributed by atoms with van der Waals surface area (Å²) in [4.78, 5) is 0. The molecule has 0 atom stereocenters. The molecule has 0 radical (unpaired) electrons. The highest BCUT2D eigenvalue weighted by atomic mass is 19.5. The van der Waals surface area contributed by atoms with Crippen LogP contribution in [0.2, 0.25) is 0 Å². The standard InChI is InChI=1S/C12BF24O4/c14-5(15,16)1(6(17,18)19)2(7(20,21)22,8(23,24)25)39-13(38-1)40-3(9(26,27)28,10(29,30)31)4(41-13,11(32,33)34)12(35,36)37/q-1. The minimum absolute atomic E-state index is 2.09. The predicted octanol–water partition coefficient (Wildman–Crippen LogP) is 6.97. The predicted molar refractivity (Wildman–Crippen MR) is 69.5 cm³/mol. The molecule has 0 unspecified atom stereocenters. The monoisotopic (exact) mass is 675 g/mol. The number of hydrogen-bond donors (Lipinski definition) is 0. The van der Waals surface area contributed by atoms with Crippen LogP contribution in [0.25, 0.3) is 0 Å². The van der Waals surface area contributed by atoms with Crippen molar-refractivity contribution in [1.82, 2.24) is 0 Å². The zero-order chi connectivity index (χ0) is 33.3. The van der Waals surface area contributed by atoms with Crippen LogP contribution < -0.4 is 0 Å². The molecule has 29 heteroatoms. The van der Waals surface area contributed by atoms with Crippen molar-refractivity contribution in [3.8, 4) is 0 Å². The molecule has 0 N–H and O–H groups in total. The van der Waals surface area contributed by atoms with E-state index < -0.39 is 78.8 Å². The molecule has 244 valence electrons. The molecule has 2 fully saturated rings. The topological polar surface area (TPSA) is 36.9 Å². The SMILES string of the molecule is FC(F)(F)C1(C(F)(F)F)O[B-]2(OC1(C(F)(F)F)C(F)(F)F)OC(C(F)(F)F)(C(F)(F)F)C(C(F)(F)F)(C(F)(F)F)O2. The Morgan fingerprint density at radius 1 is 0.244 bits per heavy atom. The van der Waals surface area contributed by atoms with E-state index in [4.69, 9.17) is 0 Å². The highest BCUT2D eigenvalue weighted by Gasteiger charge is 3.04. The fourth-order valence-corrected chi connectivity index (χ4v) is 4.12. The van der Waals surface area contributed by atoms with Crippen molar-refractivity contribution in [2.24, 2.45) is 0 Å². The lowest BCUT2D eigenvalue weighted by Crippen LogP contribution is -2.79. The molecule has 2 aliphatic rings. The van der Waals surface area contributed by atoms with Gasteiger partial charge in [0.25, 0.3) is 22.4 Å². The van der Waals surface area contributed by atoms with E-state index in [1.807, 2.05) is 0 Å². The molecule has 0 aliphatic carbocycles. The summed E-state index contributed by atoms with van der Waals surface area (Å²) in [6.07, 6.45) is -68.1. The van der Waals surface area contributed by atoms with Crippen LogP contribution in [0.5, 0.6) is 0 Å². The summed E-state index contributed by atoms with van der Waals surface area (Å²) in [6, 6.07) is 0. The van der Waals surface area contributed by atoms with Gasteiger partial charge in [0.15, 0.2) is 0 Å². The zero-order valence-corrected chi connectivity index (χ0v) is 17.3. The molecule has 0 bridgehead atoms. The van der Waals surface area contributed by atoms with E-state index in [9.17, 15) is 105 Å². The van der Waals surface area contributed by atoms with Crippen molar-refractivity contribution in [1.29, 1.82) is 0 Å². The molecular weight excluding hydrogens is 675 g/mol. The Kier molecular flexibility index (Phi) is 7.11. The second-order valence-electron chi connectivity index (χ2n) is 7.76. The first-order chi connectivity index (χ1) is 17.3. The molecule has 0 amide bonds.